The van der Waals surface area contributed by atoms with Crippen LogP contribution in [0.25, 0.3) is 21.5 Å². The average molecular weight is 885 g/mol. The van der Waals surface area contributed by atoms with Gasteiger partial charge in [0.05, 0.1) is 17.6 Å². The number of rotatable bonds is 5. The number of carbonyl (C=O) groups is 1. The molecular weight excluding hydrogens is 830 g/mol. The lowest BCUT2D eigenvalue weighted by Crippen LogP contribution is -2.35. The number of carbonyl (C=O) groups excluding carboxylic acids is 1. The summed E-state index contributed by atoms with van der Waals surface area (Å²) < 4.78 is 0. The standard InChI is InChI=1S/C27H25N.C27H24.C7H5ClO3/c1-18-14-16-20-17-15-19(2)24-25(20)23(18)26(21-10-6-4-7-11-21)28(3)27(24)22-12-8-5-9-13-22;1-18-13-15-22-16-14-19(2)26-24(21-11-7-4-8-12-21)17-23(25(18)27(22)26)20-9-5-3-6-10-20;8-6-3-1-2-5(4-6)7(9)11-10/h4-17,26-27H,1-3H3;3-16,23-24H,17H2,1-2H3;1-4,10H/t26-,27-;23-,24-;/m11./s1. The Balaban J connectivity index is 0.000000136. The summed E-state index contributed by atoms with van der Waals surface area (Å²) in [6.45, 7) is 9.07. The largest absolute Gasteiger partial charge is 0.372 e. The molecule has 66 heavy (non-hydrogen) atoms. The molecule has 0 saturated carbocycles. The van der Waals surface area contributed by atoms with Gasteiger partial charge < -0.3 is 0 Å². The molecule has 0 bridgehead atoms. The monoisotopic (exact) mass is 883 g/mol. The Morgan fingerprint density at radius 3 is 1.23 bits per heavy atom. The molecule has 0 radical (unpaired) electrons. The van der Waals surface area contributed by atoms with Crippen molar-refractivity contribution >= 4 is 39.1 Å². The highest BCUT2D eigenvalue weighted by Crippen LogP contribution is 2.51. The van der Waals surface area contributed by atoms with Crippen molar-refractivity contribution < 1.29 is 14.9 Å². The third-order valence-corrected chi connectivity index (χ3v) is 13.9. The maximum absolute atomic E-state index is 10.6. The lowest BCUT2D eigenvalue weighted by Gasteiger charge is -2.43. The van der Waals surface area contributed by atoms with Gasteiger partial charge in [0.15, 0.2) is 0 Å². The summed E-state index contributed by atoms with van der Waals surface area (Å²) in [5.74, 6) is 0.0660. The highest BCUT2D eigenvalue weighted by molar-refractivity contribution is 6.30. The predicted octanol–water partition coefficient (Wildman–Crippen LogP) is 15.7. The van der Waals surface area contributed by atoms with Crippen LogP contribution in [0.3, 0.4) is 0 Å². The van der Waals surface area contributed by atoms with E-state index in [1.54, 1.807) is 12.1 Å². The summed E-state index contributed by atoms with van der Waals surface area (Å²) in [7, 11) is 2.28. The predicted molar refractivity (Wildman–Crippen MR) is 272 cm³/mol. The van der Waals surface area contributed by atoms with Crippen molar-refractivity contribution in [3.05, 3.63) is 271 Å². The van der Waals surface area contributed by atoms with E-state index in [1.165, 1.54) is 100 Å². The fraction of sp³-hybridized carbons (Fsp3) is 0.164. The van der Waals surface area contributed by atoms with Crippen LogP contribution in [0.15, 0.2) is 194 Å². The van der Waals surface area contributed by atoms with Gasteiger partial charge in [-0.15, -0.1) is 0 Å². The minimum absolute atomic E-state index is 0.222. The van der Waals surface area contributed by atoms with E-state index < -0.39 is 5.97 Å². The van der Waals surface area contributed by atoms with Gasteiger partial charge in [0.1, 0.15) is 0 Å². The molecule has 11 rings (SSSR count). The number of benzene rings is 9. The Morgan fingerprint density at radius 2 is 0.848 bits per heavy atom. The second-order valence-corrected chi connectivity index (χ2v) is 18.2. The molecular formula is C61H54ClNO3. The van der Waals surface area contributed by atoms with Crippen LogP contribution in [0.2, 0.25) is 5.02 Å². The summed E-state index contributed by atoms with van der Waals surface area (Å²) in [6, 6.07) is 68.9. The summed E-state index contributed by atoms with van der Waals surface area (Å²) in [6.07, 6.45) is 1.13. The van der Waals surface area contributed by atoms with Crippen LogP contribution in [0.1, 0.15) is 107 Å². The molecule has 0 fully saturated rings. The SMILES string of the molecule is Cc1ccc2ccc(C)c3c2c1[C@@H](c1ccccc1)C[C@@H]3c1ccccc1.Cc1ccc2ccc(C)c3c2c1[C@@H](c1ccccc1)N(C)[C@@H]3c1ccccc1.O=C(OO)c1cccc(Cl)c1. The van der Waals surface area contributed by atoms with Crippen molar-refractivity contribution in [1.82, 2.24) is 4.90 Å². The van der Waals surface area contributed by atoms with Crippen molar-refractivity contribution in [2.24, 2.45) is 0 Å². The molecule has 1 aliphatic heterocycles. The summed E-state index contributed by atoms with van der Waals surface area (Å²) >= 11 is 5.56. The highest BCUT2D eigenvalue weighted by atomic mass is 35.5. The van der Waals surface area contributed by atoms with Crippen molar-refractivity contribution in [2.75, 3.05) is 7.05 Å². The lowest BCUT2D eigenvalue weighted by molar-refractivity contribution is -0.182. The van der Waals surface area contributed by atoms with Crippen molar-refractivity contribution in [2.45, 2.75) is 58.0 Å². The van der Waals surface area contributed by atoms with Crippen molar-refractivity contribution in [3.8, 4) is 0 Å². The first-order valence-electron chi connectivity index (χ1n) is 22.7. The maximum Gasteiger partial charge on any atom is 0.372 e. The third-order valence-electron chi connectivity index (χ3n) is 13.7. The molecule has 4 atom stereocenters. The third kappa shape index (κ3) is 8.56. The van der Waals surface area contributed by atoms with E-state index in [0.29, 0.717) is 16.9 Å². The van der Waals surface area contributed by atoms with E-state index >= 15 is 0 Å². The van der Waals surface area contributed by atoms with Crippen LogP contribution in [0.5, 0.6) is 0 Å². The molecule has 9 aromatic rings. The molecule has 328 valence electrons. The summed E-state index contributed by atoms with van der Waals surface area (Å²) in [5, 5.41) is 14.1. The van der Waals surface area contributed by atoms with Gasteiger partial charge >= 0.3 is 5.97 Å². The first kappa shape index (κ1) is 44.4. The molecule has 1 aliphatic carbocycles. The smallest absolute Gasteiger partial charge is 0.296 e. The van der Waals surface area contributed by atoms with E-state index in [4.69, 9.17) is 16.9 Å². The summed E-state index contributed by atoms with van der Waals surface area (Å²) in [5.41, 5.74) is 17.3. The Bertz CT molecular complexity index is 2980. The normalized spacial score (nSPS) is 17.3. The Hall–Kier alpha value is -6.82. The zero-order valence-corrected chi connectivity index (χ0v) is 38.8. The molecule has 0 amide bonds. The van der Waals surface area contributed by atoms with Crippen LogP contribution in [0.4, 0.5) is 0 Å². The number of halogens is 1. The van der Waals surface area contributed by atoms with Crippen molar-refractivity contribution in [1.29, 1.82) is 0 Å². The zero-order valence-electron chi connectivity index (χ0n) is 38.1. The van der Waals surface area contributed by atoms with Gasteiger partial charge in [0.25, 0.3) is 0 Å². The fourth-order valence-electron chi connectivity index (χ4n) is 10.7. The second-order valence-electron chi connectivity index (χ2n) is 17.7. The molecule has 4 nitrogen and oxygen atoms in total. The molecule has 1 N–H and O–H groups in total. The second kappa shape index (κ2) is 19.3. The summed E-state index contributed by atoms with van der Waals surface area (Å²) in [4.78, 5) is 16.7. The quantitative estimate of drug-likeness (QED) is 0.138. The molecule has 0 saturated heterocycles. The Morgan fingerprint density at radius 1 is 0.485 bits per heavy atom. The molecule has 0 unspecified atom stereocenters. The van der Waals surface area contributed by atoms with Gasteiger partial charge in [0.2, 0.25) is 0 Å². The van der Waals surface area contributed by atoms with Gasteiger partial charge in [-0.3, -0.25) is 9.79 Å². The van der Waals surface area contributed by atoms with E-state index in [9.17, 15) is 4.79 Å². The topological polar surface area (TPSA) is 49.8 Å². The average Bonchev–Trinajstić information content (AvgIpc) is 3.36. The Kier molecular flexibility index (Phi) is 13.0. The van der Waals surface area contributed by atoms with Crippen LogP contribution in [-0.4, -0.2) is 23.2 Å². The molecule has 5 heteroatoms. The molecule has 2 aliphatic rings. The van der Waals surface area contributed by atoms with E-state index in [0.717, 1.165) is 6.42 Å². The number of nitrogens with zero attached hydrogens (tertiary/aromatic N) is 1. The van der Waals surface area contributed by atoms with Gasteiger partial charge in [0, 0.05) is 16.9 Å². The minimum atomic E-state index is -0.813. The Labute approximate surface area is 393 Å². The lowest BCUT2D eigenvalue weighted by atomic mass is 9.68. The van der Waals surface area contributed by atoms with Crippen LogP contribution >= 0.6 is 11.6 Å². The number of aryl methyl sites for hydroxylation is 4. The molecule has 9 aromatic carbocycles. The van der Waals surface area contributed by atoms with Gasteiger partial charge in [-0.1, -0.05) is 188 Å². The van der Waals surface area contributed by atoms with Gasteiger partial charge in [-0.25, -0.2) is 4.79 Å². The van der Waals surface area contributed by atoms with Crippen LogP contribution < -0.4 is 0 Å². The van der Waals surface area contributed by atoms with Gasteiger partial charge in [-0.2, -0.15) is 5.26 Å². The van der Waals surface area contributed by atoms with E-state index in [-0.39, 0.29) is 17.6 Å². The maximum atomic E-state index is 10.6. The van der Waals surface area contributed by atoms with E-state index in [1.807, 2.05) is 0 Å². The fourth-order valence-corrected chi connectivity index (χ4v) is 10.9. The van der Waals surface area contributed by atoms with E-state index in [2.05, 4.69) is 214 Å². The number of hydrogen-bond acceptors (Lipinski definition) is 4. The number of hydrogen-bond donors (Lipinski definition) is 1. The first-order chi connectivity index (χ1) is 32.1. The molecule has 0 aromatic heterocycles. The first-order valence-corrected chi connectivity index (χ1v) is 23.1. The van der Waals surface area contributed by atoms with Crippen LogP contribution in [-0.2, 0) is 4.89 Å². The van der Waals surface area contributed by atoms with Crippen molar-refractivity contribution in [3.63, 3.8) is 0 Å². The molecule has 1 heterocycles. The van der Waals surface area contributed by atoms with Crippen LogP contribution in [0, 0.1) is 27.7 Å². The minimum Gasteiger partial charge on any atom is -0.296 e. The molecule has 0 spiro atoms. The zero-order chi connectivity index (χ0) is 45.9. The van der Waals surface area contributed by atoms with Gasteiger partial charge in [-0.05, 0) is 148 Å². The highest BCUT2D eigenvalue weighted by Gasteiger charge is 2.37.